The number of ether oxygens (including phenoxy) is 1. The van der Waals surface area contributed by atoms with Crippen LogP contribution in [0.2, 0.25) is 0 Å². The minimum Gasteiger partial charge on any atom is -0.454 e. The van der Waals surface area contributed by atoms with E-state index in [9.17, 15) is 13.2 Å². The Balaban J connectivity index is 2.34. The molecule has 2 aromatic rings. The monoisotopic (exact) mass is 253 g/mol. The lowest BCUT2D eigenvalue weighted by Gasteiger charge is -2.09. The molecule has 0 aliphatic rings. The van der Waals surface area contributed by atoms with Gasteiger partial charge in [-0.3, -0.25) is 0 Å². The van der Waals surface area contributed by atoms with Gasteiger partial charge in [0, 0.05) is 24.2 Å². The van der Waals surface area contributed by atoms with Gasteiger partial charge in [0.25, 0.3) is 0 Å². The van der Waals surface area contributed by atoms with Gasteiger partial charge in [-0.05, 0) is 12.1 Å². The highest BCUT2D eigenvalue weighted by molar-refractivity contribution is 5.35. The Morgan fingerprint density at radius 3 is 2.11 bits per heavy atom. The number of nitrogens with two attached hydrogens (primary N) is 1. The fraction of sp³-hybridized carbons (Fsp3) is 0.0769. The highest BCUT2D eigenvalue weighted by Gasteiger charge is 2.12. The molecular formula is C13H10F3NO. The highest BCUT2D eigenvalue weighted by Crippen LogP contribution is 2.27. The van der Waals surface area contributed by atoms with Crippen LogP contribution in [-0.2, 0) is 6.54 Å². The van der Waals surface area contributed by atoms with E-state index in [1.165, 1.54) is 18.2 Å². The van der Waals surface area contributed by atoms with Crippen LogP contribution in [0.25, 0.3) is 0 Å². The first-order valence-corrected chi connectivity index (χ1v) is 5.22. The van der Waals surface area contributed by atoms with Crippen molar-refractivity contribution in [3.05, 3.63) is 59.4 Å². The van der Waals surface area contributed by atoms with Crippen molar-refractivity contribution in [3.63, 3.8) is 0 Å². The first-order chi connectivity index (χ1) is 8.61. The van der Waals surface area contributed by atoms with Crippen LogP contribution in [0.3, 0.4) is 0 Å². The van der Waals surface area contributed by atoms with E-state index in [0.29, 0.717) is 0 Å². The van der Waals surface area contributed by atoms with Crippen molar-refractivity contribution in [3.8, 4) is 11.5 Å². The van der Waals surface area contributed by atoms with Gasteiger partial charge in [0.05, 0.1) is 0 Å². The van der Waals surface area contributed by atoms with E-state index >= 15 is 0 Å². The number of hydrogen-bond acceptors (Lipinski definition) is 2. The van der Waals surface area contributed by atoms with Crippen molar-refractivity contribution in [2.75, 3.05) is 0 Å². The predicted molar refractivity (Wildman–Crippen MR) is 60.7 cm³/mol. The lowest BCUT2D eigenvalue weighted by atomic mass is 10.2. The Morgan fingerprint density at radius 1 is 0.944 bits per heavy atom. The minimum atomic E-state index is -0.816. The summed E-state index contributed by atoms with van der Waals surface area (Å²) in [6.45, 7) is -0.252. The summed E-state index contributed by atoms with van der Waals surface area (Å²) >= 11 is 0. The molecular weight excluding hydrogens is 243 g/mol. The van der Waals surface area contributed by atoms with Gasteiger partial charge >= 0.3 is 0 Å². The highest BCUT2D eigenvalue weighted by atomic mass is 19.1. The van der Waals surface area contributed by atoms with Crippen LogP contribution in [0, 0.1) is 17.5 Å². The summed E-state index contributed by atoms with van der Waals surface area (Å²) in [4.78, 5) is 0. The molecule has 0 atom stereocenters. The molecule has 0 amide bonds. The summed E-state index contributed by atoms with van der Waals surface area (Å²) < 4.78 is 45.2. The molecule has 0 aliphatic heterocycles. The Labute approximate surface area is 102 Å². The largest absolute Gasteiger partial charge is 0.454 e. The molecule has 0 aromatic heterocycles. The smallest absolute Gasteiger partial charge is 0.165 e. The maximum atomic E-state index is 13.4. The standard InChI is InChI=1S/C13H10F3NO/c14-10-3-1-2-4-13(10)18-8-5-11(15)9(7-17)12(16)6-8/h1-6H,7,17H2. The average Bonchev–Trinajstić information content (AvgIpc) is 2.32. The van der Waals surface area contributed by atoms with Gasteiger partial charge < -0.3 is 10.5 Å². The Hall–Kier alpha value is -2.01. The van der Waals surface area contributed by atoms with Crippen molar-refractivity contribution in [2.45, 2.75) is 6.54 Å². The zero-order valence-corrected chi connectivity index (χ0v) is 9.29. The number of hydrogen-bond donors (Lipinski definition) is 1. The van der Waals surface area contributed by atoms with Crippen LogP contribution in [-0.4, -0.2) is 0 Å². The topological polar surface area (TPSA) is 35.2 Å². The number of rotatable bonds is 3. The third kappa shape index (κ3) is 2.46. The molecule has 0 fully saturated rings. The average molecular weight is 253 g/mol. The quantitative estimate of drug-likeness (QED) is 0.910. The van der Waals surface area contributed by atoms with Gasteiger partial charge in [-0.2, -0.15) is 0 Å². The molecule has 0 radical (unpaired) electrons. The second kappa shape index (κ2) is 5.10. The van der Waals surface area contributed by atoms with Gasteiger partial charge in [-0.1, -0.05) is 12.1 Å². The Morgan fingerprint density at radius 2 is 1.56 bits per heavy atom. The summed E-state index contributed by atoms with van der Waals surface area (Å²) in [5.41, 5.74) is 4.97. The molecule has 2 rings (SSSR count). The summed E-state index contributed by atoms with van der Waals surface area (Å²) in [5, 5.41) is 0. The van der Waals surface area contributed by atoms with Crippen LogP contribution in [0.1, 0.15) is 5.56 Å². The molecule has 2 aromatic carbocycles. The maximum absolute atomic E-state index is 13.4. The zero-order chi connectivity index (χ0) is 13.1. The molecule has 0 aliphatic carbocycles. The van der Waals surface area contributed by atoms with Gasteiger partial charge in [0.1, 0.15) is 17.4 Å². The molecule has 18 heavy (non-hydrogen) atoms. The molecule has 0 saturated carbocycles. The lowest BCUT2D eigenvalue weighted by Crippen LogP contribution is -2.03. The predicted octanol–water partition coefficient (Wildman–Crippen LogP) is 3.35. The fourth-order valence-electron chi connectivity index (χ4n) is 1.49. The molecule has 2 N–H and O–H groups in total. The molecule has 0 saturated heterocycles. The van der Waals surface area contributed by atoms with Gasteiger partial charge in [0.2, 0.25) is 0 Å². The van der Waals surface area contributed by atoms with E-state index < -0.39 is 17.5 Å². The SMILES string of the molecule is NCc1c(F)cc(Oc2ccccc2F)cc1F. The molecule has 5 heteroatoms. The van der Waals surface area contributed by atoms with E-state index in [1.807, 2.05) is 0 Å². The van der Waals surface area contributed by atoms with Crippen molar-refractivity contribution < 1.29 is 17.9 Å². The van der Waals surface area contributed by atoms with Gasteiger partial charge in [0.15, 0.2) is 11.6 Å². The van der Waals surface area contributed by atoms with E-state index in [2.05, 4.69) is 0 Å². The van der Waals surface area contributed by atoms with Crippen molar-refractivity contribution in [1.29, 1.82) is 0 Å². The van der Waals surface area contributed by atoms with E-state index in [4.69, 9.17) is 10.5 Å². The van der Waals surface area contributed by atoms with E-state index in [-0.39, 0.29) is 23.6 Å². The van der Waals surface area contributed by atoms with Crippen LogP contribution in [0.5, 0.6) is 11.5 Å². The van der Waals surface area contributed by atoms with Crippen molar-refractivity contribution >= 4 is 0 Å². The Kier molecular flexibility index (Phi) is 3.53. The van der Waals surface area contributed by atoms with Crippen LogP contribution < -0.4 is 10.5 Å². The number of benzene rings is 2. The van der Waals surface area contributed by atoms with Gasteiger partial charge in [-0.25, -0.2) is 13.2 Å². The molecule has 2 nitrogen and oxygen atoms in total. The molecule has 0 spiro atoms. The minimum absolute atomic E-state index is 0.100. The second-order valence-corrected chi connectivity index (χ2v) is 3.60. The molecule has 0 bridgehead atoms. The van der Waals surface area contributed by atoms with Crippen molar-refractivity contribution in [1.82, 2.24) is 0 Å². The summed E-state index contributed by atoms with van der Waals surface area (Å²) in [5.74, 6) is -2.46. The molecule has 0 unspecified atom stereocenters. The van der Waals surface area contributed by atoms with Crippen molar-refractivity contribution in [2.24, 2.45) is 5.73 Å². The summed E-state index contributed by atoms with van der Waals surface area (Å²) in [7, 11) is 0. The first-order valence-electron chi connectivity index (χ1n) is 5.22. The van der Waals surface area contributed by atoms with E-state index in [0.717, 1.165) is 12.1 Å². The second-order valence-electron chi connectivity index (χ2n) is 3.60. The fourth-order valence-corrected chi connectivity index (χ4v) is 1.49. The number of halogens is 3. The van der Waals surface area contributed by atoms with Gasteiger partial charge in [-0.15, -0.1) is 0 Å². The molecule has 94 valence electrons. The zero-order valence-electron chi connectivity index (χ0n) is 9.29. The summed E-state index contributed by atoms with van der Waals surface area (Å²) in [6, 6.07) is 7.54. The first kappa shape index (κ1) is 12.4. The van der Waals surface area contributed by atoms with Crippen LogP contribution in [0.4, 0.5) is 13.2 Å². The third-order valence-electron chi connectivity index (χ3n) is 2.38. The maximum Gasteiger partial charge on any atom is 0.165 e. The Bertz CT molecular complexity index is 549. The lowest BCUT2D eigenvalue weighted by molar-refractivity contribution is 0.432. The van der Waals surface area contributed by atoms with Crippen LogP contribution >= 0.6 is 0 Å². The van der Waals surface area contributed by atoms with Crippen LogP contribution in [0.15, 0.2) is 36.4 Å². The van der Waals surface area contributed by atoms with E-state index in [1.54, 1.807) is 6.07 Å². The normalized spacial score (nSPS) is 10.4. The number of para-hydroxylation sites is 1. The molecule has 0 heterocycles. The third-order valence-corrected chi connectivity index (χ3v) is 2.38. The summed E-state index contributed by atoms with van der Waals surface area (Å²) in [6.07, 6.45) is 0.